The lowest BCUT2D eigenvalue weighted by Gasteiger charge is -2.32. The second kappa shape index (κ2) is 6.80. The van der Waals surface area contributed by atoms with Gasteiger partial charge in [0.1, 0.15) is 0 Å². The lowest BCUT2D eigenvalue weighted by Crippen LogP contribution is -2.34. The van der Waals surface area contributed by atoms with E-state index in [1.807, 2.05) is 18.2 Å². The number of hydrogen-bond donors (Lipinski definition) is 1. The van der Waals surface area contributed by atoms with E-state index in [4.69, 9.17) is 5.11 Å². The monoisotopic (exact) mass is 302 g/mol. The molecule has 2 aliphatic rings. The number of piperidine rings is 1. The van der Waals surface area contributed by atoms with Crippen molar-refractivity contribution in [2.24, 2.45) is 11.8 Å². The molecule has 1 atom stereocenters. The molecule has 3 rings (SSSR count). The Labute approximate surface area is 132 Å². The number of carboxylic acid groups (broad SMARTS) is 1. The van der Waals surface area contributed by atoms with Crippen molar-refractivity contribution in [3.63, 3.8) is 0 Å². The summed E-state index contributed by atoms with van der Waals surface area (Å²) in [6, 6.07) is 7.36. The van der Waals surface area contributed by atoms with Gasteiger partial charge in [-0.1, -0.05) is 12.1 Å². The largest absolute Gasteiger partial charge is 0.478 e. The minimum Gasteiger partial charge on any atom is -0.478 e. The van der Waals surface area contributed by atoms with Crippen molar-refractivity contribution in [2.45, 2.75) is 25.8 Å². The normalized spacial score (nSPS) is 24.7. The van der Waals surface area contributed by atoms with E-state index >= 15 is 0 Å². The summed E-state index contributed by atoms with van der Waals surface area (Å²) < 4.78 is 0. The highest BCUT2D eigenvalue weighted by molar-refractivity contribution is 5.87. The molecule has 1 N–H and O–H groups in total. The molecule has 120 valence electrons. The smallest absolute Gasteiger partial charge is 0.335 e. The zero-order valence-corrected chi connectivity index (χ0v) is 13.4. The van der Waals surface area contributed by atoms with Gasteiger partial charge in [-0.15, -0.1) is 0 Å². The molecule has 4 nitrogen and oxygen atoms in total. The van der Waals surface area contributed by atoms with Crippen LogP contribution in [0.1, 0.15) is 35.2 Å². The molecule has 0 saturated carbocycles. The summed E-state index contributed by atoms with van der Waals surface area (Å²) in [4.78, 5) is 16.0. The van der Waals surface area contributed by atoms with Gasteiger partial charge in [0.25, 0.3) is 0 Å². The van der Waals surface area contributed by atoms with Gasteiger partial charge in [-0.05, 0) is 75.5 Å². The molecule has 0 amide bonds. The van der Waals surface area contributed by atoms with E-state index in [9.17, 15) is 4.79 Å². The highest BCUT2D eigenvalue weighted by atomic mass is 16.4. The third kappa shape index (κ3) is 3.68. The van der Waals surface area contributed by atoms with Crippen LogP contribution in [0.2, 0.25) is 0 Å². The molecule has 2 aliphatic heterocycles. The predicted molar refractivity (Wildman–Crippen MR) is 87.0 cm³/mol. The van der Waals surface area contributed by atoms with Gasteiger partial charge in [0.2, 0.25) is 0 Å². The van der Waals surface area contributed by atoms with Gasteiger partial charge >= 0.3 is 5.97 Å². The molecule has 22 heavy (non-hydrogen) atoms. The van der Waals surface area contributed by atoms with E-state index in [0.29, 0.717) is 5.56 Å². The Morgan fingerprint density at radius 2 is 1.91 bits per heavy atom. The molecule has 0 bridgehead atoms. The fraction of sp³-hybridized carbons (Fsp3) is 0.611. The molecule has 1 aromatic carbocycles. The zero-order valence-electron chi connectivity index (χ0n) is 13.4. The van der Waals surface area contributed by atoms with E-state index in [1.165, 1.54) is 38.9 Å². The van der Waals surface area contributed by atoms with Gasteiger partial charge in [0.15, 0.2) is 0 Å². The van der Waals surface area contributed by atoms with Crippen LogP contribution < -0.4 is 0 Å². The predicted octanol–water partition coefficient (Wildman–Crippen LogP) is 2.55. The molecule has 0 spiro atoms. The first-order valence-corrected chi connectivity index (χ1v) is 8.35. The van der Waals surface area contributed by atoms with E-state index in [1.54, 1.807) is 6.07 Å². The summed E-state index contributed by atoms with van der Waals surface area (Å²) in [5.74, 6) is 0.871. The molecule has 2 fully saturated rings. The fourth-order valence-corrected chi connectivity index (χ4v) is 3.95. The number of hydrogen-bond acceptors (Lipinski definition) is 3. The van der Waals surface area contributed by atoms with Crippen LogP contribution in [0.4, 0.5) is 0 Å². The maximum atomic E-state index is 11.1. The molecule has 0 radical (unpaired) electrons. The van der Waals surface area contributed by atoms with Crippen molar-refractivity contribution < 1.29 is 9.90 Å². The third-order valence-corrected chi connectivity index (χ3v) is 5.32. The highest BCUT2D eigenvalue weighted by Crippen LogP contribution is 2.32. The van der Waals surface area contributed by atoms with Crippen LogP contribution in [-0.2, 0) is 6.54 Å². The molecular formula is C18H26N2O2. The van der Waals surface area contributed by atoms with Crippen molar-refractivity contribution in [1.29, 1.82) is 0 Å². The van der Waals surface area contributed by atoms with E-state index in [0.717, 1.165) is 30.5 Å². The van der Waals surface area contributed by atoms with Crippen LogP contribution in [-0.4, -0.2) is 54.1 Å². The molecule has 2 saturated heterocycles. The Hall–Kier alpha value is -1.39. The Kier molecular flexibility index (Phi) is 4.79. The first kappa shape index (κ1) is 15.5. The molecule has 0 aromatic heterocycles. The first-order valence-electron chi connectivity index (χ1n) is 8.35. The average molecular weight is 302 g/mol. The maximum absolute atomic E-state index is 11.1. The summed E-state index contributed by atoms with van der Waals surface area (Å²) in [6.07, 6.45) is 3.97. The summed E-state index contributed by atoms with van der Waals surface area (Å²) in [7, 11) is 2.21. The number of carboxylic acids is 1. The van der Waals surface area contributed by atoms with Crippen molar-refractivity contribution in [3.05, 3.63) is 35.4 Å². The third-order valence-electron chi connectivity index (χ3n) is 5.32. The molecule has 1 unspecified atom stereocenters. The minimum absolute atomic E-state index is 0.392. The number of likely N-dealkylation sites (tertiary alicyclic amines) is 2. The van der Waals surface area contributed by atoms with Gasteiger partial charge in [-0.25, -0.2) is 4.79 Å². The fourth-order valence-electron chi connectivity index (χ4n) is 3.95. The highest BCUT2D eigenvalue weighted by Gasteiger charge is 2.31. The number of nitrogens with zero attached hydrogens (tertiary/aromatic N) is 2. The van der Waals surface area contributed by atoms with Gasteiger partial charge in [-0.3, -0.25) is 4.90 Å². The van der Waals surface area contributed by atoms with Crippen molar-refractivity contribution in [2.75, 3.05) is 33.2 Å². The van der Waals surface area contributed by atoms with Crippen LogP contribution in [0.15, 0.2) is 24.3 Å². The summed E-state index contributed by atoms with van der Waals surface area (Å²) >= 11 is 0. The molecule has 2 heterocycles. The number of aromatic carboxylic acids is 1. The van der Waals surface area contributed by atoms with Crippen LogP contribution >= 0.6 is 0 Å². The average Bonchev–Trinajstić information content (AvgIpc) is 2.96. The van der Waals surface area contributed by atoms with Crippen LogP contribution in [0.3, 0.4) is 0 Å². The topological polar surface area (TPSA) is 43.8 Å². The van der Waals surface area contributed by atoms with E-state index in [-0.39, 0.29) is 0 Å². The van der Waals surface area contributed by atoms with Crippen molar-refractivity contribution >= 4 is 5.97 Å². The Morgan fingerprint density at radius 3 is 2.64 bits per heavy atom. The minimum atomic E-state index is -0.840. The Bertz CT molecular complexity index is 524. The lowest BCUT2D eigenvalue weighted by molar-refractivity contribution is 0.0696. The second-order valence-electron chi connectivity index (χ2n) is 6.93. The van der Waals surface area contributed by atoms with Gasteiger partial charge < -0.3 is 10.0 Å². The van der Waals surface area contributed by atoms with Crippen LogP contribution in [0, 0.1) is 11.8 Å². The van der Waals surface area contributed by atoms with E-state index in [2.05, 4.69) is 16.8 Å². The summed E-state index contributed by atoms with van der Waals surface area (Å²) in [6.45, 7) is 5.67. The maximum Gasteiger partial charge on any atom is 0.335 e. The quantitative estimate of drug-likeness (QED) is 0.928. The first-order chi connectivity index (χ1) is 10.6. The summed E-state index contributed by atoms with van der Waals surface area (Å²) in [5, 5.41) is 9.09. The van der Waals surface area contributed by atoms with Gasteiger partial charge in [0, 0.05) is 13.1 Å². The number of rotatable bonds is 4. The van der Waals surface area contributed by atoms with Gasteiger partial charge in [-0.2, -0.15) is 0 Å². The Morgan fingerprint density at radius 1 is 1.18 bits per heavy atom. The molecular weight excluding hydrogens is 276 g/mol. The van der Waals surface area contributed by atoms with Crippen LogP contribution in [0.5, 0.6) is 0 Å². The summed E-state index contributed by atoms with van der Waals surface area (Å²) in [5.41, 5.74) is 1.51. The number of carbonyl (C=O) groups is 1. The van der Waals surface area contributed by atoms with Crippen molar-refractivity contribution in [1.82, 2.24) is 9.80 Å². The SMILES string of the molecule is CN1CCC(C2CCN(Cc3cccc(C(=O)O)c3)C2)CC1. The van der Waals surface area contributed by atoms with Gasteiger partial charge in [0.05, 0.1) is 5.56 Å². The standard InChI is InChI=1S/C18H26N2O2/c1-19-8-5-15(6-9-19)17-7-10-20(13-17)12-14-3-2-4-16(11-14)18(21)22/h2-4,11,15,17H,5-10,12-13H2,1H3,(H,21,22). The molecule has 0 aliphatic carbocycles. The number of benzene rings is 1. The van der Waals surface area contributed by atoms with Crippen LogP contribution in [0.25, 0.3) is 0 Å². The molecule has 1 aromatic rings. The Balaban J connectivity index is 1.54. The molecule has 4 heteroatoms. The second-order valence-corrected chi connectivity index (χ2v) is 6.93. The van der Waals surface area contributed by atoms with E-state index < -0.39 is 5.97 Å². The lowest BCUT2D eigenvalue weighted by atomic mass is 9.84. The van der Waals surface area contributed by atoms with Crippen molar-refractivity contribution in [3.8, 4) is 0 Å². The zero-order chi connectivity index (χ0) is 15.5.